The van der Waals surface area contributed by atoms with Gasteiger partial charge in [-0.15, -0.1) is 0 Å². The van der Waals surface area contributed by atoms with Crippen LogP contribution < -0.4 is 13.8 Å². The lowest BCUT2D eigenvalue weighted by atomic mass is 10.2. The van der Waals surface area contributed by atoms with E-state index < -0.39 is 21.9 Å². The first-order valence-electron chi connectivity index (χ1n) is 10.6. The SMILES string of the molecule is COc1ccc(S(=O)(=O)N(C(=O)c2ccccc2)c2ccc(OC(=O)c3ccccc3)cc2)cc1. The van der Waals surface area contributed by atoms with E-state index in [-0.39, 0.29) is 21.9 Å². The predicted octanol–water partition coefficient (Wildman–Crippen LogP) is 4.95. The second-order valence-electron chi connectivity index (χ2n) is 7.37. The molecule has 0 saturated heterocycles. The molecule has 0 radical (unpaired) electrons. The summed E-state index contributed by atoms with van der Waals surface area (Å²) in [5.41, 5.74) is 0.665. The van der Waals surface area contributed by atoms with Gasteiger partial charge >= 0.3 is 5.97 Å². The van der Waals surface area contributed by atoms with Gasteiger partial charge in [0.2, 0.25) is 0 Å². The molecular formula is C27H21NO6S. The molecule has 7 nitrogen and oxygen atoms in total. The lowest BCUT2D eigenvalue weighted by molar-refractivity contribution is 0.0734. The highest BCUT2D eigenvalue weighted by Crippen LogP contribution is 2.29. The van der Waals surface area contributed by atoms with Crippen molar-refractivity contribution in [2.45, 2.75) is 4.90 Å². The number of ether oxygens (including phenoxy) is 2. The molecule has 0 aliphatic carbocycles. The topological polar surface area (TPSA) is 90.0 Å². The molecular weight excluding hydrogens is 466 g/mol. The zero-order valence-corrected chi connectivity index (χ0v) is 19.5. The van der Waals surface area contributed by atoms with E-state index in [0.717, 1.165) is 4.31 Å². The van der Waals surface area contributed by atoms with E-state index in [1.165, 1.54) is 67.8 Å². The normalized spacial score (nSPS) is 10.9. The van der Waals surface area contributed by atoms with E-state index >= 15 is 0 Å². The Labute approximate surface area is 203 Å². The van der Waals surface area contributed by atoms with Crippen molar-refractivity contribution < 1.29 is 27.5 Å². The van der Waals surface area contributed by atoms with Gasteiger partial charge < -0.3 is 9.47 Å². The molecule has 0 fully saturated rings. The Morgan fingerprint density at radius 2 is 1.17 bits per heavy atom. The summed E-state index contributed by atoms with van der Waals surface area (Å²) in [5, 5.41) is 0. The van der Waals surface area contributed by atoms with Crippen LogP contribution in [0.15, 0.2) is 114 Å². The van der Waals surface area contributed by atoms with E-state index in [2.05, 4.69) is 0 Å². The number of anilines is 1. The number of amides is 1. The second kappa shape index (κ2) is 10.2. The van der Waals surface area contributed by atoms with E-state index in [9.17, 15) is 18.0 Å². The fourth-order valence-electron chi connectivity index (χ4n) is 3.31. The van der Waals surface area contributed by atoms with Crippen LogP contribution in [0.4, 0.5) is 5.69 Å². The minimum Gasteiger partial charge on any atom is -0.497 e. The van der Waals surface area contributed by atoms with Crippen molar-refractivity contribution in [2.24, 2.45) is 0 Å². The Kier molecular flexibility index (Phi) is 6.93. The molecule has 0 aliphatic heterocycles. The smallest absolute Gasteiger partial charge is 0.343 e. The number of rotatable bonds is 7. The number of methoxy groups -OCH3 is 1. The third-order valence-corrected chi connectivity index (χ3v) is 6.82. The lowest BCUT2D eigenvalue weighted by Crippen LogP contribution is -2.37. The number of carbonyl (C=O) groups is 2. The molecule has 1 amide bonds. The van der Waals surface area contributed by atoms with Gasteiger partial charge in [0.1, 0.15) is 11.5 Å². The van der Waals surface area contributed by atoms with E-state index in [1.54, 1.807) is 48.5 Å². The number of esters is 1. The highest BCUT2D eigenvalue weighted by molar-refractivity contribution is 7.93. The Bertz CT molecular complexity index is 1420. The number of sulfonamides is 1. The third kappa shape index (κ3) is 5.23. The van der Waals surface area contributed by atoms with Crippen molar-refractivity contribution in [1.29, 1.82) is 0 Å². The summed E-state index contributed by atoms with van der Waals surface area (Å²) >= 11 is 0. The molecule has 8 heteroatoms. The summed E-state index contributed by atoms with van der Waals surface area (Å²) in [4.78, 5) is 25.6. The van der Waals surface area contributed by atoms with Crippen LogP contribution in [0.25, 0.3) is 0 Å². The molecule has 0 unspecified atom stereocenters. The zero-order chi connectivity index (χ0) is 24.8. The molecule has 0 atom stereocenters. The Balaban J connectivity index is 1.69. The van der Waals surface area contributed by atoms with Gasteiger partial charge in [-0.3, -0.25) is 4.79 Å². The first kappa shape index (κ1) is 23.7. The van der Waals surface area contributed by atoms with E-state index in [0.29, 0.717) is 11.3 Å². The molecule has 176 valence electrons. The third-order valence-electron chi connectivity index (χ3n) is 5.09. The van der Waals surface area contributed by atoms with Crippen molar-refractivity contribution in [3.8, 4) is 11.5 Å². The van der Waals surface area contributed by atoms with Gasteiger partial charge in [-0.2, -0.15) is 4.31 Å². The summed E-state index contributed by atoms with van der Waals surface area (Å²) in [5.74, 6) is -0.595. The molecule has 0 spiro atoms. The molecule has 0 heterocycles. The Morgan fingerprint density at radius 1 is 0.657 bits per heavy atom. The van der Waals surface area contributed by atoms with Crippen LogP contribution in [0.2, 0.25) is 0 Å². The van der Waals surface area contributed by atoms with Crippen LogP contribution in [0.5, 0.6) is 11.5 Å². The quantitative estimate of drug-likeness (QED) is 0.271. The Hall–Kier alpha value is -4.43. The van der Waals surface area contributed by atoms with Gasteiger partial charge in [-0.05, 0) is 72.8 Å². The summed E-state index contributed by atoms with van der Waals surface area (Å²) in [7, 11) is -2.81. The molecule has 4 aromatic carbocycles. The molecule has 4 rings (SSSR count). The van der Waals surface area contributed by atoms with Crippen molar-refractivity contribution in [3.05, 3.63) is 120 Å². The van der Waals surface area contributed by atoms with Crippen LogP contribution in [-0.4, -0.2) is 27.4 Å². The van der Waals surface area contributed by atoms with Crippen LogP contribution in [0.3, 0.4) is 0 Å². The first-order chi connectivity index (χ1) is 16.9. The van der Waals surface area contributed by atoms with Gasteiger partial charge in [0.05, 0.1) is 23.3 Å². The second-order valence-corrected chi connectivity index (χ2v) is 9.15. The molecule has 4 aromatic rings. The summed E-state index contributed by atoms with van der Waals surface area (Å²) in [6, 6.07) is 28.0. The minimum absolute atomic E-state index is 0.0813. The molecule has 0 aromatic heterocycles. The standard InChI is InChI=1S/C27H21NO6S/c1-33-23-16-18-25(19-17-23)35(31,32)28(26(29)20-8-4-2-5-9-20)22-12-14-24(15-13-22)34-27(30)21-10-6-3-7-11-21/h2-19H,1H3. The minimum atomic E-state index is -4.28. The number of carbonyl (C=O) groups excluding carboxylic acids is 2. The van der Waals surface area contributed by atoms with Crippen LogP contribution in [0, 0.1) is 0 Å². The molecule has 0 bridgehead atoms. The van der Waals surface area contributed by atoms with Gasteiger partial charge in [-0.25, -0.2) is 13.2 Å². The van der Waals surface area contributed by atoms with Gasteiger partial charge in [0.15, 0.2) is 0 Å². The van der Waals surface area contributed by atoms with Crippen LogP contribution in [0.1, 0.15) is 20.7 Å². The maximum absolute atomic E-state index is 13.6. The maximum atomic E-state index is 13.6. The largest absolute Gasteiger partial charge is 0.497 e. The summed E-state index contributed by atoms with van der Waals surface area (Å²) in [6.07, 6.45) is 0. The van der Waals surface area contributed by atoms with Crippen LogP contribution in [-0.2, 0) is 10.0 Å². The number of benzene rings is 4. The Morgan fingerprint density at radius 3 is 1.71 bits per heavy atom. The molecule has 0 saturated carbocycles. The van der Waals surface area contributed by atoms with Gasteiger partial charge in [-0.1, -0.05) is 36.4 Å². The molecule has 0 aliphatic rings. The fourth-order valence-corrected chi connectivity index (χ4v) is 4.72. The van der Waals surface area contributed by atoms with Gasteiger partial charge in [0.25, 0.3) is 15.9 Å². The number of hydrogen-bond donors (Lipinski definition) is 0. The fraction of sp³-hybridized carbons (Fsp3) is 0.0370. The lowest BCUT2D eigenvalue weighted by Gasteiger charge is -2.23. The van der Waals surface area contributed by atoms with Crippen LogP contribution >= 0.6 is 0 Å². The van der Waals surface area contributed by atoms with Crippen molar-refractivity contribution in [1.82, 2.24) is 0 Å². The summed E-state index contributed by atoms with van der Waals surface area (Å²) < 4.78 is 38.4. The van der Waals surface area contributed by atoms with Crippen molar-refractivity contribution in [3.63, 3.8) is 0 Å². The van der Waals surface area contributed by atoms with Gasteiger partial charge in [0, 0.05) is 5.56 Å². The van der Waals surface area contributed by atoms with E-state index in [4.69, 9.17) is 9.47 Å². The highest BCUT2D eigenvalue weighted by Gasteiger charge is 2.32. The monoisotopic (exact) mass is 487 g/mol. The average Bonchev–Trinajstić information content (AvgIpc) is 2.90. The van der Waals surface area contributed by atoms with Crippen molar-refractivity contribution in [2.75, 3.05) is 11.4 Å². The van der Waals surface area contributed by atoms with Crippen molar-refractivity contribution >= 4 is 27.6 Å². The highest BCUT2D eigenvalue weighted by atomic mass is 32.2. The zero-order valence-electron chi connectivity index (χ0n) is 18.7. The average molecular weight is 488 g/mol. The molecule has 35 heavy (non-hydrogen) atoms. The van der Waals surface area contributed by atoms with E-state index in [1.807, 2.05) is 0 Å². The number of hydrogen-bond acceptors (Lipinski definition) is 6. The number of nitrogens with zero attached hydrogens (tertiary/aromatic N) is 1. The first-order valence-corrected chi connectivity index (χ1v) is 12.0. The predicted molar refractivity (Wildman–Crippen MR) is 131 cm³/mol. The maximum Gasteiger partial charge on any atom is 0.343 e. The molecule has 0 N–H and O–H groups in total. The summed E-state index contributed by atoms with van der Waals surface area (Å²) in [6.45, 7) is 0.